The van der Waals surface area contributed by atoms with Crippen molar-refractivity contribution in [1.29, 1.82) is 0 Å². The van der Waals surface area contributed by atoms with Crippen molar-refractivity contribution in [3.63, 3.8) is 0 Å². The minimum absolute atomic E-state index is 0.00543. The highest BCUT2D eigenvalue weighted by molar-refractivity contribution is 5.90. The van der Waals surface area contributed by atoms with Gasteiger partial charge < -0.3 is 15.3 Å². The molecule has 0 radical (unpaired) electrons. The lowest BCUT2D eigenvalue weighted by molar-refractivity contribution is -0.132. The van der Waals surface area contributed by atoms with Gasteiger partial charge in [0.25, 0.3) is 0 Å². The van der Waals surface area contributed by atoms with Gasteiger partial charge in [-0.25, -0.2) is 9.59 Å². The van der Waals surface area contributed by atoms with E-state index in [4.69, 9.17) is 15.7 Å². The molecule has 0 saturated heterocycles. The number of ether oxygens (including phenoxy) is 1. The summed E-state index contributed by atoms with van der Waals surface area (Å²) >= 11 is 0. The number of aliphatic carboxylic acids is 1. The van der Waals surface area contributed by atoms with E-state index in [9.17, 15) is 9.59 Å². The van der Waals surface area contributed by atoms with Crippen molar-refractivity contribution in [3.8, 4) is 0 Å². The van der Waals surface area contributed by atoms with E-state index in [-0.39, 0.29) is 17.8 Å². The Hall–Kier alpha value is -2.02. The van der Waals surface area contributed by atoms with Gasteiger partial charge in [0.2, 0.25) is 0 Å². The highest BCUT2D eigenvalue weighted by atomic mass is 16.6. The zero-order valence-corrected chi connectivity index (χ0v) is 10.6. The van der Waals surface area contributed by atoms with Gasteiger partial charge in [0.05, 0.1) is 17.8 Å². The van der Waals surface area contributed by atoms with Crippen LogP contribution in [0.1, 0.15) is 20.8 Å². The summed E-state index contributed by atoms with van der Waals surface area (Å²) in [6, 6.07) is 0. The molecule has 4 N–H and O–H groups in total. The minimum Gasteiger partial charge on any atom is -0.478 e. The van der Waals surface area contributed by atoms with Crippen molar-refractivity contribution in [1.82, 2.24) is 10.3 Å². The van der Waals surface area contributed by atoms with Crippen LogP contribution < -0.4 is 11.3 Å². The van der Waals surface area contributed by atoms with Crippen molar-refractivity contribution in [2.45, 2.75) is 26.4 Å². The van der Waals surface area contributed by atoms with Crippen LogP contribution >= 0.6 is 0 Å². The number of hydrazine groups is 1. The van der Waals surface area contributed by atoms with Crippen molar-refractivity contribution in [2.24, 2.45) is 5.84 Å². The lowest BCUT2D eigenvalue weighted by Gasteiger charge is -2.27. The fourth-order valence-electron chi connectivity index (χ4n) is 1.34. The van der Waals surface area contributed by atoms with Crippen molar-refractivity contribution < 1.29 is 19.4 Å². The van der Waals surface area contributed by atoms with Gasteiger partial charge in [-0.15, -0.1) is 0 Å². The van der Waals surface area contributed by atoms with Gasteiger partial charge in [0.1, 0.15) is 5.60 Å². The molecule has 0 aromatic rings. The molecule has 1 rings (SSSR count). The van der Waals surface area contributed by atoms with Crippen LogP contribution in [0.3, 0.4) is 0 Å². The topological polar surface area (TPSA) is 105 Å². The van der Waals surface area contributed by atoms with E-state index in [0.717, 1.165) is 0 Å². The zero-order valence-electron chi connectivity index (χ0n) is 10.6. The number of rotatable bonds is 2. The van der Waals surface area contributed by atoms with Crippen LogP contribution in [-0.4, -0.2) is 34.2 Å². The largest absolute Gasteiger partial charge is 0.478 e. The molecule has 7 nitrogen and oxygen atoms in total. The van der Waals surface area contributed by atoms with Crippen LogP contribution in [0.4, 0.5) is 4.79 Å². The van der Waals surface area contributed by atoms with Crippen LogP contribution in [0, 0.1) is 0 Å². The fourth-order valence-corrected chi connectivity index (χ4v) is 1.34. The molecule has 0 bridgehead atoms. The average molecular weight is 255 g/mol. The van der Waals surface area contributed by atoms with Gasteiger partial charge in [0, 0.05) is 6.20 Å². The smallest absolute Gasteiger partial charge is 0.414 e. The number of hydrogen-bond acceptors (Lipinski definition) is 5. The lowest BCUT2D eigenvalue weighted by atomic mass is 10.1. The molecule has 1 aliphatic rings. The highest BCUT2D eigenvalue weighted by Crippen LogP contribution is 2.16. The predicted molar refractivity (Wildman–Crippen MR) is 64.1 cm³/mol. The summed E-state index contributed by atoms with van der Waals surface area (Å²) in [6.45, 7) is 5.11. The molecule has 0 aromatic carbocycles. The van der Waals surface area contributed by atoms with Gasteiger partial charge in [-0.2, -0.15) is 0 Å². The molecule has 1 amide bonds. The van der Waals surface area contributed by atoms with Crippen molar-refractivity contribution in [2.75, 3.05) is 6.54 Å². The molecular formula is C11H17N3O4. The maximum atomic E-state index is 11.8. The summed E-state index contributed by atoms with van der Waals surface area (Å²) in [7, 11) is 0. The number of carbonyl (C=O) groups excluding carboxylic acids is 1. The first kappa shape index (κ1) is 14.0. The second-order valence-electron chi connectivity index (χ2n) is 4.77. The molecule has 0 spiro atoms. The molecule has 0 aromatic heterocycles. The summed E-state index contributed by atoms with van der Waals surface area (Å²) < 4.78 is 5.14. The summed E-state index contributed by atoms with van der Waals surface area (Å²) in [5.41, 5.74) is 1.91. The Balaban J connectivity index is 2.82. The summed E-state index contributed by atoms with van der Waals surface area (Å²) in [4.78, 5) is 23.9. The molecule has 1 aliphatic heterocycles. The van der Waals surface area contributed by atoms with Gasteiger partial charge >= 0.3 is 12.1 Å². The molecule has 0 aliphatic carbocycles. The number of allylic oxidation sites excluding steroid dienone is 1. The Morgan fingerprint density at radius 2 is 2.11 bits per heavy atom. The zero-order chi connectivity index (χ0) is 13.9. The SMILES string of the molecule is CC(C)(C)OC(=O)N1C=CC(NN)=C(C(=O)O)C1. The van der Waals surface area contributed by atoms with E-state index in [1.54, 1.807) is 20.8 Å². The van der Waals surface area contributed by atoms with E-state index >= 15 is 0 Å². The van der Waals surface area contributed by atoms with Crippen LogP contribution in [0.25, 0.3) is 0 Å². The monoisotopic (exact) mass is 255 g/mol. The van der Waals surface area contributed by atoms with Crippen molar-refractivity contribution in [3.05, 3.63) is 23.5 Å². The Labute approximate surface area is 105 Å². The maximum Gasteiger partial charge on any atom is 0.414 e. The summed E-state index contributed by atoms with van der Waals surface area (Å²) in [6.07, 6.45) is 2.24. The minimum atomic E-state index is -1.14. The quantitative estimate of drug-likeness (QED) is 0.491. The molecule has 100 valence electrons. The van der Waals surface area contributed by atoms with Gasteiger partial charge in [0.15, 0.2) is 0 Å². The molecule has 0 unspecified atom stereocenters. The van der Waals surface area contributed by atoms with E-state index in [2.05, 4.69) is 5.43 Å². The third-order valence-corrected chi connectivity index (χ3v) is 2.12. The molecular weight excluding hydrogens is 238 g/mol. The van der Waals surface area contributed by atoms with E-state index in [0.29, 0.717) is 0 Å². The third-order valence-electron chi connectivity index (χ3n) is 2.12. The van der Waals surface area contributed by atoms with Gasteiger partial charge in [-0.3, -0.25) is 10.7 Å². The maximum absolute atomic E-state index is 11.8. The second kappa shape index (κ2) is 5.09. The predicted octanol–water partition coefficient (Wildman–Crippen LogP) is 0.553. The Kier molecular flexibility index (Phi) is 3.97. The number of amides is 1. The molecule has 18 heavy (non-hydrogen) atoms. The molecule has 0 atom stereocenters. The number of nitrogens with one attached hydrogen (secondary N) is 1. The number of nitrogens with zero attached hydrogens (tertiary/aromatic N) is 1. The van der Waals surface area contributed by atoms with E-state index in [1.807, 2.05) is 0 Å². The third kappa shape index (κ3) is 3.49. The van der Waals surface area contributed by atoms with Gasteiger partial charge in [-0.05, 0) is 26.8 Å². The van der Waals surface area contributed by atoms with Gasteiger partial charge in [-0.1, -0.05) is 0 Å². The molecule has 7 heteroatoms. The first-order chi connectivity index (χ1) is 8.24. The Morgan fingerprint density at radius 3 is 2.56 bits per heavy atom. The number of carbonyl (C=O) groups is 2. The van der Waals surface area contributed by atoms with Crippen LogP contribution in [0.5, 0.6) is 0 Å². The fraction of sp³-hybridized carbons (Fsp3) is 0.455. The van der Waals surface area contributed by atoms with Crippen molar-refractivity contribution >= 4 is 12.1 Å². The van der Waals surface area contributed by atoms with E-state index < -0.39 is 17.7 Å². The Bertz CT molecular complexity index is 420. The standard InChI is InChI=1S/C11H17N3O4/c1-11(2,3)18-10(17)14-5-4-8(13-12)7(6-14)9(15)16/h4-5,13H,6,12H2,1-3H3,(H,15,16). The second-order valence-corrected chi connectivity index (χ2v) is 4.77. The average Bonchev–Trinajstić information content (AvgIpc) is 2.25. The number of nitrogens with two attached hydrogens (primary N) is 1. The number of carboxylic acid groups (broad SMARTS) is 1. The highest BCUT2D eigenvalue weighted by Gasteiger charge is 2.26. The first-order valence-corrected chi connectivity index (χ1v) is 5.35. The normalized spacial score (nSPS) is 15.7. The van der Waals surface area contributed by atoms with Crippen LogP contribution in [-0.2, 0) is 9.53 Å². The first-order valence-electron chi connectivity index (χ1n) is 5.35. The molecule has 0 saturated carbocycles. The van der Waals surface area contributed by atoms with E-state index in [1.165, 1.54) is 17.2 Å². The summed E-state index contributed by atoms with van der Waals surface area (Å²) in [5.74, 6) is 4.06. The number of carboxylic acids is 1. The molecule has 1 heterocycles. The summed E-state index contributed by atoms with van der Waals surface area (Å²) in [5, 5.41) is 9.01. The van der Waals surface area contributed by atoms with Crippen LogP contribution in [0.15, 0.2) is 23.5 Å². The lowest BCUT2D eigenvalue weighted by Crippen LogP contribution is -2.39. The number of hydrogen-bond donors (Lipinski definition) is 3. The Morgan fingerprint density at radius 1 is 1.50 bits per heavy atom. The molecule has 0 fully saturated rings. The van der Waals surface area contributed by atoms with Crippen LogP contribution in [0.2, 0.25) is 0 Å².